The quantitative estimate of drug-likeness (QED) is 0.519. The molecule has 7 heteroatoms. The molecule has 0 unspecified atom stereocenters. The number of amides is 1. The molecule has 1 aliphatic heterocycles. The number of aromatic nitrogens is 3. The van der Waals surface area contributed by atoms with Gasteiger partial charge in [0.2, 0.25) is 0 Å². The Bertz CT molecular complexity index is 1330. The molecule has 1 fully saturated rings. The first-order chi connectivity index (χ1) is 15.3. The Labute approximate surface area is 186 Å². The van der Waals surface area contributed by atoms with Gasteiger partial charge in [0.25, 0.3) is 5.91 Å². The van der Waals surface area contributed by atoms with E-state index in [1.165, 1.54) is 6.07 Å². The average molecular weight is 434 g/mol. The standard InChI is InChI=1S/C25H28FN5O/c1-15(2)24-23(25(32)30-9-7-29(4)8-10-30)19-13-21-17(14-27-28-21)12-22(19)31(24)18-5-6-20(26)16(3)11-18/h5-6,11-15H,7-10H2,1-4H3,(H,27,28). The molecule has 5 rings (SSSR count). The van der Waals surface area contributed by atoms with Gasteiger partial charge in [0.15, 0.2) is 0 Å². The van der Waals surface area contributed by atoms with Gasteiger partial charge in [0.1, 0.15) is 5.82 Å². The van der Waals surface area contributed by atoms with E-state index >= 15 is 0 Å². The lowest BCUT2D eigenvalue weighted by molar-refractivity contribution is 0.0664. The maximum absolute atomic E-state index is 14.1. The van der Waals surface area contributed by atoms with Gasteiger partial charge in [0, 0.05) is 48.3 Å². The molecule has 1 saturated heterocycles. The summed E-state index contributed by atoms with van der Waals surface area (Å²) in [7, 11) is 2.08. The summed E-state index contributed by atoms with van der Waals surface area (Å²) in [6.45, 7) is 9.13. The van der Waals surface area contributed by atoms with Crippen LogP contribution in [0.4, 0.5) is 4.39 Å². The second-order valence-electron chi connectivity index (χ2n) is 9.11. The largest absolute Gasteiger partial charge is 0.336 e. The molecule has 0 saturated carbocycles. The summed E-state index contributed by atoms with van der Waals surface area (Å²) in [6, 6.07) is 9.24. The van der Waals surface area contributed by atoms with E-state index in [-0.39, 0.29) is 17.6 Å². The second kappa shape index (κ2) is 7.74. The number of aryl methyl sites for hydroxylation is 1. The summed E-state index contributed by atoms with van der Waals surface area (Å²) in [6.07, 6.45) is 1.79. The van der Waals surface area contributed by atoms with Crippen molar-refractivity contribution in [2.75, 3.05) is 33.2 Å². The van der Waals surface area contributed by atoms with Crippen LogP contribution in [0.25, 0.3) is 27.5 Å². The van der Waals surface area contributed by atoms with Crippen molar-refractivity contribution in [1.82, 2.24) is 24.6 Å². The highest BCUT2D eigenvalue weighted by atomic mass is 19.1. The molecule has 3 heterocycles. The van der Waals surface area contributed by atoms with Crippen LogP contribution in [0.3, 0.4) is 0 Å². The fourth-order valence-electron chi connectivity index (χ4n) is 4.73. The van der Waals surface area contributed by atoms with Gasteiger partial charge in [0.05, 0.1) is 22.8 Å². The van der Waals surface area contributed by atoms with Crippen LogP contribution in [0, 0.1) is 12.7 Å². The van der Waals surface area contributed by atoms with E-state index in [2.05, 4.69) is 46.6 Å². The zero-order valence-corrected chi connectivity index (χ0v) is 18.9. The minimum atomic E-state index is -0.234. The number of carbonyl (C=O) groups is 1. The molecule has 0 atom stereocenters. The first-order valence-electron chi connectivity index (χ1n) is 11.1. The van der Waals surface area contributed by atoms with Crippen molar-refractivity contribution in [2.24, 2.45) is 0 Å². The summed E-state index contributed by atoms with van der Waals surface area (Å²) in [5, 5.41) is 9.09. The summed E-state index contributed by atoms with van der Waals surface area (Å²) in [4.78, 5) is 18.1. The summed E-state index contributed by atoms with van der Waals surface area (Å²) < 4.78 is 16.2. The number of fused-ring (bicyclic) bond motifs is 2. The number of halogens is 1. The van der Waals surface area contributed by atoms with E-state index in [0.717, 1.165) is 51.8 Å². The maximum atomic E-state index is 14.1. The van der Waals surface area contributed by atoms with Crippen molar-refractivity contribution >= 4 is 27.7 Å². The molecule has 0 radical (unpaired) electrons. The number of benzene rings is 2. The molecule has 32 heavy (non-hydrogen) atoms. The van der Waals surface area contributed by atoms with Crippen molar-refractivity contribution < 1.29 is 9.18 Å². The van der Waals surface area contributed by atoms with Crippen LogP contribution in [0.15, 0.2) is 36.5 Å². The molecule has 0 aliphatic carbocycles. The van der Waals surface area contributed by atoms with Crippen molar-refractivity contribution in [3.8, 4) is 5.69 Å². The number of H-pyrrole nitrogens is 1. The highest BCUT2D eigenvalue weighted by molar-refractivity contribution is 6.12. The summed E-state index contributed by atoms with van der Waals surface area (Å²) in [5.41, 5.74) is 4.96. The highest BCUT2D eigenvalue weighted by Crippen LogP contribution is 2.37. The van der Waals surface area contributed by atoms with Gasteiger partial charge >= 0.3 is 0 Å². The van der Waals surface area contributed by atoms with Crippen molar-refractivity contribution in [3.63, 3.8) is 0 Å². The fourth-order valence-corrected chi connectivity index (χ4v) is 4.73. The predicted octanol–water partition coefficient (Wildman–Crippen LogP) is 4.47. The topological polar surface area (TPSA) is 57.2 Å². The van der Waals surface area contributed by atoms with Crippen molar-refractivity contribution in [2.45, 2.75) is 26.7 Å². The number of nitrogens with zero attached hydrogens (tertiary/aromatic N) is 4. The normalized spacial score (nSPS) is 15.4. The first kappa shape index (κ1) is 20.7. The monoisotopic (exact) mass is 433 g/mol. The molecule has 0 spiro atoms. The molecule has 2 aromatic heterocycles. The van der Waals surface area contributed by atoms with Gasteiger partial charge in [-0.15, -0.1) is 0 Å². The third-order valence-corrected chi connectivity index (χ3v) is 6.51. The number of aromatic amines is 1. The lowest BCUT2D eigenvalue weighted by Crippen LogP contribution is -2.47. The minimum Gasteiger partial charge on any atom is -0.336 e. The second-order valence-corrected chi connectivity index (χ2v) is 9.11. The molecule has 166 valence electrons. The Balaban J connectivity index is 1.81. The van der Waals surface area contributed by atoms with Crippen LogP contribution < -0.4 is 0 Å². The van der Waals surface area contributed by atoms with Gasteiger partial charge in [-0.3, -0.25) is 9.89 Å². The number of hydrogen-bond donors (Lipinski definition) is 1. The molecular weight excluding hydrogens is 405 g/mol. The maximum Gasteiger partial charge on any atom is 0.256 e. The highest BCUT2D eigenvalue weighted by Gasteiger charge is 2.30. The number of rotatable bonds is 3. The van der Waals surface area contributed by atoms with E-state index in [1.807, 2.05) is 17.0 Å². The Morgan fingerprint density at radius 1 is 1.12 bits per heavy atom. The molecule has 4 aromatic rings. The van der Waals surface area contributed by atoms with Crippen LogP contribution in [0.1, 0.15) is 41.4 Å². The predicted molar refractivity (Wildman–Crippen MR) is 125 cm³/mol. The third kappa shape index (κ3) is 3.28. The van der Waals surface area contributed by atoms with E-state index < -0.39 is 0 Å². The van der Waals surface area contributed by atoms with Crippen molar-refractivity contribution in [1.29, 1.82) is 0 Å². The van der Waals surface area contributed by atoms with E-state index in [9.17, 15) is 9.18 Å². The third-order valence-electron chi connectivity index (χ3n) is 6.51. The van der Waals surface area contributed by atoms with Gasteiger partial charge in [-0.2, -0.15) is 5.10 Å². The van der Waals surface area contributed by atoms with Crippen LogP contribution in [0.5, 0.6) is 0 Å². The van der Waals surface area contributed by atoms with E-state index in [4.69, 9.17) is 0 Å². The number of nitrogens with one attached hydrogen (secondary N) is 1. The van der Waals surface area contributed by atoms with Gasteiger partial charge in [-0.05, 0) is 55.8 Å². The van der Waals surface area contributed by atoms with Gasteiger partial charge < -0.3 is 14.4 Å². The van der Waals surface area contributed by atoms with Gasteiger partial charge in [-0.1, -0.05) is 13.8 Å². The Kier molecular flexibility index (Phi) is 5.01. The molecular formula is C25H28FN5O. The lowest BCUT2D eigenvalue weighted by atomic mass is 10.0. The number of piperazine rings is 1. The van der Waals surface area contributed by atoms with Crippen molar-refractivity contribution in [3.05, 3.63) is 59.2 Å². The Morgan fingerprint density at radius 3 is 2.56 bits per heavy atom. The smallest absolute Gasteiger partial charge is 0.256 e. The van der Waals surface area contributed by atoms with E-state index in [0.29, 0.717) is 18.7 Å². The average Bonchev–Trinajstić information content (AvgIpc) is 3.36. The summed E-state index contributed by atoms with van der Waals surface area (Å²) >= 11 is 0. The number of likely N-dealkylation sites (N-methyl/N-ethyl adjacent to an activating group) is 1. The Hall–Kier alpha value is -3.19. The SMILES string of the molecule is Cc1cc(-n2c(C(C)C)c(C(=O)N3CCN(C)CC3)c3cc4[nH]ncc4cc32)ccc1F. The molecule has 6 nitrogen and oxygen atoms in total. The molecule has 0 bridgehead atoms. The van der Waals surface area contributed by atoms with Gasteiger partial charge in [-0.25, -0.2) is 4.39 Å². The molecule has 1 aliphatic rings. The lowest BCUT2D eigenvalue weighted by Gasteiger charge is -2.32. The first-order valence-corrected chi connectivity index (χ1v) is 11.1. The zero-order chi connectivity index (χ0) is 22.6. The number of hydrogen-bond acceptors (Lipinski definition) is 3. The van der Waals surface area contributed by atoms with Crippen LogP contribution in [-0.4, -0.2) is 63.7 Å². The van der Waals surface area contributed by atoms with Crippen LogP contribution >= 0.6 is 0 Å². The molecule has 1 amide bonds. The summed E-state index contributed by atoms with van der Waals surface area (Å²) in [5.74, 6) is -0.0823. The minimum absolute atomic E-state index is 0.0586. The molecule has 1 N–H and O–H groups in total. The van der Waals surface area contributed by atoms with E-state index in [1.54, 1.807) is 19.2 Å². The Morgan fingerprint density at radius 2 is 1.88 bits per heavy atom. The van der Waals surface area contributed by atoms with Crippen LogP contribution in [-0.2, 0) is 0 Å². The molecule has 2 aromatic carbocycles. The fraction of sp³-hybridized carbons (Fsp3) is 0.360. The van der Waals surface area contributed by atoms with Crippen LogP contribution in [0.2, 0.25) is 0 Å². The number of carbonyl (C=O) groups excluding carboxylic acids is 1. The zero-order valence-electron chi connectivity index (χ0n) is 18.9.